The van der Waals surface area contributed by atoms with Crippen LogP contribution in [0.25, 0.3) is 0 Å². The van der Waals surface area contributed by atoms with Gasteiger partial charge in [-0.15, -0.1) is 0 Å². The van der Waals surface area contributed by atoms with E-state index < -0.39 is 59.6 Å². The second-order valence-corrected chi connectivity index (χ2v) is 14.4. The van der Waals surface area contributed by atoms with Crippen molar-refractivity contribution in [2.24, 2.45) is 11.8 Å². The van der Waals surface area contributed by atoms with Crippen molar-refractivity contribution >= 4 is 18.0 Å². The number of cyclic esters (lactones) is 1. The average molecular weight is 679 g/mol. The second-order valence-electron chi connectivity index (χ2n) is 14.4. The fourth-order valence-electron chi connectivity index (χ4n) is 6.40. The molecule has 2 saturated heterocycles. The number of epoxide rings is 1. The van der Waals surface area contributed by atoms with Gasteiger partial charge >= 0.3 is 18.0 Å². The van der Waals surface area contributed by atoms with Crippen molar-refractivity contribution in [1.82, 2.24) is 9.80 Å². The quantitative estimate of drug-likeness (QED) is 0.102. The van der Waals surface area contributed by atoms with Gasteiger partial charge in [-0.2, -0.15) is 0 Å². The molecule has 3 N–H and O–H groups in total. The van der Waals surface area contributed by atoms with Crippen LogP contribution in [-0.4, -0.2) is 124 Å². The van der Waals surface area contributed by atoms with Crippen LogP contribution in [0.1, 0.15) is 80.6 Å². The first-order valence-electron chi connectivity index (χ1n) is 17.3. The number of carbonyl (C=O) groups is 3. The molecule has 3 aliphatic rings. The van der Waals surface area contributed by atoms with Crippen molar-refractivity contribution in [3.63, 3.8) is 0 Å². The maximum Gasteiger partial charge on any atom is 0.410 e. The summed E-state index contributed by atoms with van der Waals surface area (Å²) >= 11 is 0. The van der Waals surface area contributed by atoms with E-state index >= 15 is 0 Å². The Hall–Kier alpha value is -2.77. The lowest BCUT2D eigenvalue weighted by molar-refractivity contribution is -0.168. The minimum Gasteiger partial charge on any atom is -0.457 e. The Morgan fingerprint density at radius 3 is 2.50 bits per heavy atom. The molecule has 12 nitrogen and oxygen atoms in total. The van der Waals surface area contributed by atoms with Gasteiger partial charge in [0.05, 0.1) is 36.4 Å². The number of rotatable bonds is 10. The highest BCUT2D eigenvalue weighted by atomic mass is 16.6. The molecule has 3 heterocycles. The summed E-state index contributed by atoms with van der Waals surface area (Å²) in [5.41, 5.74) is -1.79. The van der Waals surface area contributed by atoms with E-state index in [1.54, 1.807) is 49.1 Å². The van der Waals surface area contributed by atoms with Gasteiger partial charge < -0.3 is 44.1 Å². The number of amides is 1. The molecule has 0 aromatic rings. The predicted molar refractivity (Wildman–Crippen MR) is 180 cm³/mol. The lowest BCUT2D eigenvalue weighted by Crippen LogP contribution is -2.51. The number of hydrogen-bond donors (Lipinski definition) is 3. The molecule has 0 bridgehead atoms. The highest BCUT2D eigenvalue weighted by Crippen LogP contribution is 2.37. The third kappa shape index (κ3) is 11.7. The largest absolute Gasteiger partial charge is 0.457 e. The second kappa shape index (κ2) is 17.2. The lowest BCUT2D eigenvalue weighted by atomic mass is 9.88. The zero-order valence-electron chi connectivity index (χ0n) is 30.0. The van der Waals surface area contributed by atoms with Crippen molar-refractivity contribution in [2.45, 2.75) is 128 Å². The van der Waals surface area contributed by atoms with Crippen molar-refractivity contribution in [3.05, 3.63) is 36.0 Å². The molecule has 1 amide bonds. The number of carbonyl (C=O) groups excluding carboxylic acids is 3. The fraction of sp³-hybridized carbons (Fsp3) is 0.750. The smallest absolute Gasteiger partial charge is 0.410 e. The van der Waals surface area contributed by atoms with Crippen molar-refractivity contribution in [1.29, 1.82) is 0 Å². The van der Waals surface area contributed by atoms with Gasteiger partial charge in [-0.05, 0) is 58.7 Å². The van der Waals surface area contributed by atoms with Gasteiger partial charge in [0.25, 0.3) is 0 Å². The van der Waals surface area contributed by atoms with Crippen LogP contribution in [-0.2, 0) is 28.5 Å². The Balaban J connectivity index is 1.82. The number of hydrogen-bond acceptors (Lipinski definition) is 11. The molecular formula is C36H58N2O10. The summed E-state index contributed by atoms with van der Waals surface area (Å²) in [4.78, 5) is 42.2. The minimum atomic E-state index is -1.31. The number of esters is 2. The third-order valence-corrected chi connectivity index (χ3v) is 9.71. The monoisotopic (exact) mass is 678 g/mol. The first-order chi connectivity index (χ1) is 22.4. The molecule has 0 aromatic heterocycles. The molecule has 0 aromatic carbocycles. The molecule has 10 atom stereocenters. The normalized spacial score (nSPS) is 34.2. The highest BCUT2D eigenvalue weighted by Gasteiger charge is 2.47. The van der Waals surface area contributed by atoms with Gasteiger partial charge in [0.15, 0.2) is 6.10 Å². The van der Waals surface area contributed by atoms with E-state index in [1.807, 2.05) is 34.7 Å². The van der Waals surface area contributed by atoms with Crippen LogP contribution in [0.15, 0.2) is 36.0 Å². The summed E-state index contributed by atoms with van der Waals surface area (Å²) < 4.78 is 23.4. The summed E-state index contributed by atoms with van der Waals surface area (Å²) in [5, 5.41) is 31.9. The first kappa shape index (κ1) is 39.7. The SMILES string of the molecule is CC[C@H](O)[C@@H](C)[C@H]1O[C@@H]1C[C@@](C)(O)/C=C/C=C(\C)[C@H]1OC(=O)C[C@H](O)CC[C@@](C)(OC(C)=O)[C@@H](OC(=O)N2CCN(C)CC2)/C=C/[C@@H]1C. The van der Waals surface area contributed by atoms with Gasteiger partial charge in [-0.3, -0.25) is 9.59 Å². The van der Waals surface area contributed by atoms with Crippen LogP contribution >= 0.6 is 0 Å². The van der Waals surface area contributed by atoms with Gasteiger partial charge in [0.1, 0.15) is 11.7 Å². The van der Waals surface area contributed by atoms with Gasteiger partial charge in [0.2, 0.25) is 0 Å². The zero-order valence-corrected chi connectivity index (χ0v) is 30.0. The van der Waals surface area contributed by atoms with Crippen LogP contribution in [0.5, 0.6) is 0 Å². The summed E-state index contributed by atoms with van der Waals surface area (Å²) in [6.07, 6.45) is 5.57. The molecule has 0 radical (unpaired) electrons. The number of piperazine rings is 1. The first-order valence-corrected chi connectivity index (χ1v) is 17.3. The highest BCUT2D eigenvalue weighted by molar-refractivity contribution is 5.71. The molecular weight excluding hydrogens is 620 g/mol. The van der Waals surface area contributed by atoms with Crippen LogP contribution in [0, 0.1) is 11.8 Å². The van der Waals surface area contributed by atoms with Crippen LogP contribution in [0.2, 0.25) is 0 Å². The van der Waals surface area contributed by atoms with Crippen molar-refractivity contribution in [2.75, 3.05) is 33.2 Å². The van der Waals surface area contributed by atoms with E-state index in [0.29, 0.717) is 44.6 Å². The average Bonchev–Trinajstić information content (AvgIpc) is 3.77. The van der Waals surface area contributed by atoms with E-state index in [1.165, 1.54) is 6.92 Å². The summed E-state index contributed by atoms with van der Waals surface area (Å²) in [6, 6.07) is 0. The van der Waals surface area contributed by atoms with Gasteiger partial charge in [-0.25, -0.2) is 4.79 Å². The molecule has 0 spiro atoms. The van der Waals surface area contributed by atoms with Crippen LogP contribution in [0.3, 0.4) is 0 Å². The molecule has 0 unspecified atom stereocenters. The standard InChI is InChI=1S/C36H58N2O10/c1-9-28(41)25(4)33-29(45-33)22-35(6,44)15-10-11-23(2)32-24(3)12-13-30(46-34(43)38-19-17-37(8)18-20-38)36(7,48-26(5)39)16-14-27(40)21-31(42)47-32/h10-13,15,24-25,27-30,32-33,40-41,44H,9,14,16-22H2,1-8H3/b13-12+,15-10+,23-11+/t24-,25+,27+,28-,29+,30-,32+,33+,35-,36+/m0/s1. The van der Waals surface area contributed by atoms with E-state index in [4.69, 9.17) is 18.9 Å². The molecule has 272 valence electrons. The molecule has 2 fully saturated rings. The predicted octanol–water partition coefficient (Wildman–Crippen LogP) is 3.53. The molecule has 48 heavy (non-hydrogen) atoms. The number of likely N-dealkylation sites (N-methyl/N-ethyl adjacent to an activating group) is 1. The van der Waals surface area contributed by atoms with Crippen LogP contribution in [0.4, 0.5) is 4.79 Å². The summed E-state index contributed by atoms with van der Waals surface area (Å²) in [7, 11) is 1.99. The van der Waals surface area contributed by atoms with Crippen molar-refractivity contribution < 1.29 is 48.7 Å². The topological polar surface area (TPSA) is 159 Å². The molecule has 0 aliphatic carbocycles. The maximum atomic E-state index is 13.3. The van der Waals surface area contributed by atoms with Gasteiger partial charge in [0, 0.05) is 51.4 Å². The maximum absolute atomic E-state index is 13.3. The van der Waals surface area contributed by atoms with E-state index in [-0.39, 0.29) is 37.4 Å². The van der Waals surface area contributed by atoms with Crippen molar-refractivity contribution in [3.8, 4) is 0 Å². The van der Waals surface area contributed by atoms with E-state index in [9.17, 15) is 29.7 Å². The zero-order chi connectivity index (χ0) is 35.8. The number of aliphatic hydroxyl groups is 3. The summed E-state index contributed by atoms with van der Waals surface area (Å²) in [6.45, 7) is 14.6. The van der Waals surface area contributed by atoms with E-state index in [0.717, 1.165) is 0 Å². The van der Waals surface area contributed by atoms with Crippen LogP contribution < -0.4 is 0 Å². The number of nitrogens with zero attached hydrogens (tertiary/aromatic N) is 2. The Bertz CT molecular complexity index is 1190. The summed E-state index contributed by atoms with van der Waals surface area (Å²) in [5.74, 6) is -1.57. The fourth-order valence-corrected chi connectivity index (χ4v) is 6.40. The Morgan fingerprint density at radius 2 is 1.88 bits per heavy atom. The number of aliphatic hydroxyl groups excluding tert-OH is 2. The molecule has 0 saturated carbocycles. The third-order valence-electron chi connectivity index (χ3n) is 9.71. The Kier molecular flexibility index (Phi) is 14.3. The lowest BCUT2D eigenvalue weighted by Gasteiger charge is -2.38. The minimum absolute atomic E-state index is 0.0208. The molecule has 3 rings (SSSR count). The Morgan fingerprint density at radius 1 is 1.21 bits per heavy atom. The van der Waals surface area contributed by atoms with E-state index in [2.05, 4.69) is 4.90 Å². The number of ether oxygens (including phenoxy) is 4. The van der Waals surface area contributed by atoms with Gasteiger partial charge in [-0.1, -0.05) is 45.1 Å². The molecule has 3 aliphatic heterocycles. The Labute approximate surface area is 285 Å². The molecule has 12 heteroatoms. The number of allylic oxidation sites excluding steroid dienone is 2.